The first-order chi connectivity index (χ1) is 15.0. The first-order valence-electron chi connectivity index (χ1n) is 9.58. The zero-order chi connectivity index (χ0) is 23.6. The van der Waals surface area contributed by atoms with Crippen LogP contribution in [0.5, 0.6) is 0 Å². The molecule has 0 aliphatic carbocycles. The number of nitrogens with zero attached hydrogens (tertiary/aromatic N) is 2. The maximum atomic E-state index is 14.7. The number of nitrogens with one attached hydrogen (secondary N) is 1. The van der Waals surface area contributed by atoms with Crippen LogP contribution in [0.2, 0.25) is 5.02 Å². The summed E-state index contributed by atoms with van der Waals surface area (Å²) in [7, 11) is -3.37. The molecule has 11 heteroatoms. The van der Waals surface area contributed by atoms with Gasteiger partial charge in [0.15, 0.2) is 21.3 Å². The topological polar surface area (TPSA) is 96.4 Å². The summed E-state index contributed by atoms with van der Waals surface area (Å²) in [6.45, 7) is 1.52. The van der Waals surface area contributed by atoms with Gasteiger partial charge in [0.05, 0.1) is 22.9 Å². The maximum Gasteiger partial charge on any atom is 0.273 e. The average molecular weight is 484 g/mol. The van der Waals surface area contributed by atoms with Gasteiger partial charge in [-0.1, -0.05) is 29.8 Å². The van der Waals surface area contributed by atoms with Crippen LogP contribution in [-0.4, -0.2) is 37.5 Å². The smallest absolute Gasteiger partial charge is 0.273 e. The van der Waals surface area contributed by atoms with E-state index in [9.17, 15) is 26.8 Å². The molecule has 7 nitrogen and oxygen atoms in total. The number of aromatic nitrogens is 1. The Morgan fingerprint density at radius 2 is 2.06 bits per heavy atom. The van der Waals surface area contributed by atoms with Crippen LogP contribution in [0.4, 0.5) is 14.5 Å². The van der Waals surface area contributed by atoms with E-state index in [0.717, 1.165) is 17.7 Å². The molecule has 0 bridgehead atoms. The summed E-state index contributed by atoms with van der Waals surface area (Å²) in [5.41, 5.74) is -0.0107. The molecule has 0 radical (unpaired) electrons. The summed E-state index contributed by atoms with van der Waals surface area (Å²) in [5, 5.41) is 3.24. The van der Waals surface area contributed by atoms with E-state index in [1.54, 1.807) is 6.07 Å². The van der Waals surface area contributed by atoms with Crippen LogP contribution in [-0.2, 0) is 14.6 Å². The molecule has 2 heterocycles. The zero-order valence-corrected chi connectivity index (χ0v) is 18.8. The number of benzene rings is 1. The SMILES string of the molecule is C[C@H](/C=C/S(C)(=O)=O)NC(=O)c1ncc(N2C(=O)CCC2c2cccc(F)c2Cl)cc1F. The fourth-order valence-electron chi connectivity index (χ4n) is 3.39. The Bertz CT molecular complexity index is 1200. The largest absolute Gasteiger partial charge is 0.345 e. The molecule has 170 valence electrons. The van der Waals surface area contributed by atoms with Gasteiger partial charge in [0.25, 0.3) is 5.91 Å². The van der Waals surface area contributed by atoms with Crippen molar-refractivity contribution in [1.82, 2.24) is 10.3 Å². The first-order valence-corrected chi connectivity index (χ1v) is 11.9. The number of pyridine rings is 1. The summed E-state index contributed by atoms with van der Waals surface area (Å²) >= 11 is 6.08. The number of halogens is 3. The highest BCUT2D eigenvalue weighted by Gasteiger charge is 2.35. The van der Waals surface area contributed by atoms with Crippen LogP contribution in [0.15, 0.2) is 41.9 Å². The lowest BCUT2D eigenvalue weighted by atomic mass is 10.0. The van der Waals surface area contributed by atoms with Crippen molar-refractivity contribution in [3.8, 4) is 0 Å². The zero-order valence-electron chi connectivity index (χ0n) is 17.2. The lowest BCUT2D eigenvalue weighted by Gasteiger charge is -2.26. The van der Waals surface area contributed by atoms with Gasteiger partial charge in [-0.25, -0.2) is 22.2 Å². The van der Waals surface area contributed by atoms with E-state index in [1.807, 2.05) is 0 Å². The number of carbonyl (C=O) groups is 2. The Balaban J connectivity index is 1.84. The van der Waals surface area contributed by atoms with Crippen LogP contribution in [0.3, 0.4) is 0 Å². The molecule has 1 aliphatic rings. The number of hydrogen-bond donors (Lipinski definition) is 1. The summed E-state index contributed by atoms with van der Waals surface area (Å²) in [4.78, 5) is 30.0. The molecule has 3 rings (SSSR count). The van der Waals surface area contributed by atoms with Crippen molar-refractivity contribution < 1.29 is 26.8 Å². The van der Waals surface area contributed by atoms with Crippen molar-refractivity contribution in [2.45, 2.75) is 31.8 Å². The average Bonchev–Trinajstić information content (AvgIpc) is 3.09. The number of carbonyl (C=O) groups excluding carboxylic acids is 2. The van der Waals surface area contributed by atoms with E-state index in [1.165, 1.54) is 36.2 Å². The standard InChI is InChI=1S/C21H20ClF2N3O4S/c1-12(8-9-32(2,30)31)26-21(29)20-16(24)10-13(11-25-20)27-17(6-7-18(27)28)14-4-3-5-15(23)19(14)22/h3-5,8-12,17H,6-7H2,1-2H3,(H,26,29)/b9-8+/t12-,17?/m1/s1. The Morgan fingerprint density at radius 3 is 2.72 bits per heavy atom. The molecule has 1 aromatic carbocycles. The second-order valence-corrected chi connectivity index (χ2v) is 9.71. The van der Waals surface area contributed by atoms with E-state index in [0.29, 0.717) is 12.0 Å². The third-order valence-electron chi connectivity index (χ3n) is 4.85. The van der Waals surface area contributed by atoms with Gasteiger partial charge in [0.2, 0.25) is 5.91 Å². The molecule has 32 heavy (non-hydrogen) atoms. The fraction of sp³-hybridized carbons (Fsp3) is 0.286. The van der Waals surface area contributed by atoms with E-state index in [2.05, 4.69) is 10.3 Å². The second-order valence-electron chi connectivity index (χ2n) is 7.41. The van der Waals surface area contributed by atoms with Gasteiger partial charge < -0.3 is 10.2 Å². The minimum atomic E-state index is -3.37. The van der Waals surface area contributed by atoms with Gasteiger partial charge in [-0.3, -0.25) is 9.59 Å². The summed E-state index contributed by atoms with van der Waals surface area (Å²) in [5.74, 6) is -2.76. The van der Waals surface area contributed by atoms with Crippen LogP contribution < -0.4 is 10.2 Å². The summed E-state index contributed by atoms with van der Waals surface area (Å²) in [6.07, 6.45) is 3.94. The lowest BCUT2D eigenvalue weighted by molar-refractivity contribution is -0.117. The summed E-state index contributed by atoms with van der Waals surface area (Å²) < 4.78 is 51.0. The molecule has 0 spiro atoms. The second kappa shape index (κ2) is 9.33. The summed E-state index contributed by atoms with van der Waals surface area (Å²) in [6, 6.07) is 3.98. The molecule has 2 atom stereocenters. The van der Waals surface area contributed by atoms with Crippen molar-refractivity contribution in [3.05, 3.63) is 69.9 Å². The predicted octanol–water partition coefficient (Wildman–Crippen LogP) is 3.56. The third kappa shape index (κ3) is 5.31. The molecule has 1 N–H and O–H groups in total. The van der Waals surface area contributed by atoms with Gasteiger partial charge in [0.1, 0.15) is 5.82 Å². The number of hydrogen-bond acceptors (Lipinski definition) is 5. The Labute approximate surface area is 189 Å². The Morgan fingerprint density at radius 1 is 1.34 bits per heavy atom. The van der Waals surface area contributed by atoms with Gasteiger partial charge in [-0.15, -0.1) is 0 Å². The molecule has 2 amide bonds. The molecule has 1 aliphatic heterocycles. The highest BCUT2D eigenvalue weighted by Crippen LogP contribution is 2.40. The van der Waals surface area contributed by atoms with E-state index in [-0.39, 0.29) is 23.0 Å². The van der Waals surface area contributed by atoms with E-state index in [4.69, 9.17) is 11.6 Å². The van der Waals surface area contributed by atoms with Crippen LogP contribution in [0.1, 0.15) is 41.9 Å². The fourth-order valence-corrected chi connectivity index (χ4v) is 4.16. The molecule has 1 saturated heterocycles. The van der Waals surface area contributed by atoms with Crippen LogP contribution >= 0.6 is 11.6 Å². The minimum absolute atomic E-state index is 0.108. The van der Waals surface area contributed by atoms with E-state index < -0.39 is 45.2 Å². The first kappa shape index (κ1) is 23.8. The van der Waals surface area contributed by atoms with Crippen LogP contribution in [0.25, 0.3) is 0 Å². The van der Waals surface area contributed by atoms with Crippen molar-refractivity contribution in [3.63, 3.8) is 0 Å². The minimum Gasteiger partial charge on any atom is -0.345 e. The monoisotopic (exact) mass is 483 g/mol. The van der Waals surface area contributed by atoms with Gasteiger partial charge >= 0.3 is 0 Å². The highest BCUT2D eigenvalue weighted by atomic mass is 35.5. The van der Waals surface area contributed by atoms with Crippen LogP contribution in [0, 0.1) is 11.6 Å². The Kier molecular flexibility index (Phi) is 6.94. The molecule has 1 aromatic heterocycles. The number of sulfone groups is 1. The van der Waals surface area contributed by atoms with Crippen molar-refractivity contribution in [2.24, 2.45) is 0 Å². The van der Waals surface area contributed by atoms with Gasteiger partial charge in [-0.05, 0) is 25.0 Å². The Hall–Kier alpha value is -2.85. The van der Waals surface area contributed by atoms with Gasteiger partial charge in [-0.2, -0.15) is 0 Å². The molecule has 1 unspecified atom stereocenters. The number of anilines is 1. The maximum absolute atomic E-state index is 14.7. The molecule has 1 fully saturated rings. The predicted molar refractivity (Wildman–Crippen MR) is 116 cm³/mol. The van der Waals surface area contributed by atoms with Crippen molar-refractivity contribution in [2.75, 3.05) is 11.2 Å². The van der Waals surface area contributed by atoms with Crippen molar-refractivity contribution in [1.29, 1.82) is 0 Å². The van der Waals surface area contributed by atoms with Crippen molar-refractivity contribution >= 4 is 38.9 Å². The molecule has 2 aromatic rings. The van der Waals surface area contributed by atoms with Gasteiger partial charge in [0, 0.05) is 30.2 Å². The normalized spacial score (nSPS) is 17.7. The third-order valence-corrected chi connectivity index (χ3v) is 5.90. The highest BCUT2D eigenvalue weighted by molar-refractivity contribution is 7.93. The number of amides is 2. The van der Waals surface area contributed by atoms with E-state index >= 15 is 0 Å². The number of rotatable bonds is 6. The quantitative estimate of drug-likeness (QED) is 0.677. The molecule has 0 saturated carbocycles. The molecular formula is C21H20ClF2N3O4S. The molecular weight excluding hydrogens is 464 g/mol. The lowest BCUT2D eigenvalue weighted by Crippen LogP contribution is -2.33.